The number of amides is 1. The molecule has 4 nitrogen and oxygen atoms in total. The van der Waals surface area contributed by atoms with Gasteiger partial charge in [0.25, 0.3) is 5.91 Å². The van der Waals surface area contributed by atoms with Crippen LogP contribution in [-0.4, -0.2) is 18.7 Å². The normalized spacial score (nSPS) is 10.7. The van der Waals surface area contributed by atoms with Crippen LogP contribution in [0, 0.1) is 5.82 Å². The predicted octanol–water partition coefficient (Wildman–Crippen LogP) is 3.80. The molecule has 23 heavy (non-hydrogen) atoms. The summed E-state index contributed by atoms with van der Waals surface area (Å²) >= 11 is 0. The molecule has 3 rings (SSSR count). The molecule has 0 saturated heterocycles. The second kappa shape index (κ2) is 5.68. The Morgan fingerprint density at radius 1 is 1.09 bits per heavy atom. The van der Waals surface area contributed by atoms with Gasteiger partial charge in [-0.05, 0) is 43.3 Å². The molecular formula is C18H14FNO3. The zero-order chi connectivity index (χ0) is 16.6. The van der Waals surface area contributed by atoms with Gasteiger partial charge in [-0.3, -0.25) is 9.59 Å². The molecule has 5 heteroatoms. The van der Waals surface area contributed by atoms with E-state index >= 15 is 0 Å². The molecule has 1 heterocycles. The summed E-state index contributed by atoms with van der Waals surface area (Å²) in [5.41, 5.74) is 1.89. The number of nitrogens with one attached hydrogen (secondary N) is 1. The fraction of sp³-hybridized carbons (Fsp3) is 0.111. The second-order valence-electron chi connectivity index (χ2n) is 5.16. The van der Waals surface area contributed by atoms with Gasteiger partial charge in [-0.1, -0.05) is 6.07 Å². The van der Waals surface area contributed by atoms with Crippen LogP contribution < -0.4 is 5.32 Å². The number of carbonyl (C=O) groups excluding carboxylic acids is 2. The monoisotopic (exact) mass is 311 g/mol. The maximum atomic E-state index is 13.1. The number of benzene rings is 2. The van der Waals surface area contributed by atoms with Gasteiger partial charge in [-0.2, -0.15) is 0 Å². The zero-order valence-corrected chi connectivity index (χ0v) is 12.6. The summed E-state index contributed by atoms with van der Waals surface area (Å²) in [4.78, 5) is 23.8. The van der Waals surface area contributed by atoms with E-state index in [1.54, 1.807) is 30.3 Å². The second-order valence-corrected chi connectivity index (χ2v) is 5.16. The number of hydrogen-bond acceptors (Lipinski definition) is 3. The molecule has 3 aromatic rings. The largest absolute Gasteiger partial charge is 0.455 e. The molecule has 1 aromatic heterocycles. The molecule has 1 N–H and O–H groups in total. The lowest BCUT2D eigenvalue weighted by Crippen LogP contribution is -2.18. The van der Waals surface area contributed by atoms with E-state index in [0.29, 0.717) is 33.4 Å². The lowest BCUT2D eigenvalue weighted by atomic mass is 10.0. The quantitative estimate of drug-likeness (QED) is 0.748. The summed E-state index contributed by atoms with van der Waals surface area (Å²) in [6.45, 7) is 1.46. The maximum Gasteiger partial charge on any atom is 0.255 e. The van der Waals surface area contributed by atoms with E-state index in [1.165, 1.54) is 26.1 Å². The topological polar surface area (TPSA) is 59.3 Å². The van der Waals surface area contributed by atoms with E-state index in [2.05, 4.69) is 5.32 Å². The van der Waals surface area contributed by atoms with E-state index in [4.69, 9.17) is 4.42 Å². The predicted molar refractivity (Wildman–Crippen MR) is 85.0 cm³/mol. The van der Waals surface area contributed by atoms with Crippen molar-refractivity contribution in [3.63, 3.8) is 0 Å². The molecule has 0 atom stereocenters. The van der Waals surface area contributed by atoms with Crippen LogP contribution in [0.25, 0.3) is 22.3 Å². The smallest absolute Gasteiger partial charge is 0.255 e. The number of Topliss-reactive ketones (excluding diaryl/α,β-unsaturated/α-hetero) is 1. The van der Waals surface area contributed by atoms with Gasteiger partial charge in [-0.25, -0.2) is 4.39 Å². The minimum absolute atomic E-state index is 0.0897. The third kappa shape index (κ3) is 2.61. The zero-order valence-electron chi connectivity index (χ0n) is 12.6. The molecule has 0 bridgehead atoms. The molecule has 116 valence electrons. The first-order valence-electron chi connectivity index (χ1n) is 7.06. The summed E-state index contributed by atoms with van der Waals surface area (Å²) in [7, 11) is 1.53. The number of ketones is 1. The van der Waals surface area contributed by atoms with Crippen LogP contribution >= 0.6 is 0 Å². The number of carbonyl (C=O) groups is 2. The first-order chi connectivity index (χ1) is 11.0. The van der Waals surface area contributed by atoms with Crippen LogP contribution in [0.5, 0.6) is 0 Å². The summed E-state index contributed by atoms with van der Waals surface area (Å²) in [5, 5.41) is 3.18. The Bertz CT molecular complexity index is 910. The maximum absolute atomic E-state index is 13.1. The standard InChI is InChI=1S/C18H14FNO3/c1-10(21)12-5-8-14-15(9-12)23-17(16(14)18(22)20-2)11-3-6-13(19)7-4-11/h3-9H,1-2H3,(H,20,22). The molecule has 0 saturated carbocycles. The molecule has 1 amide bonds. The Morgan fingerprint density at radius 2 is 1.78 bits per heavy atom. The van der Waals surface area contributed by atoms with Crippen LogP contribution in [0.2, 0.25) is 0 Å². The van der Waals surface area contributed by atoms with Gasteiger partial charge >= 0.3 is 0 Å². The molecule has 0 fully saturated rings. The number of fused-ring (bicyclic) bond motifs is 1. The van der Waals surface area contributed by atoms with Crippen molar-refractivity contribution in [2.75, 3.05) is 7.05 Å². The van der Waals surface area contributed by atoms with Gasteiger partial charge in [0.1, 0.15) is 17.2 Å². The van der Waals surface area contributed by atoms with Crippen molar-refractivity contribution >= 4 is 22.7 Å². The molecule has 0 radical (unpaired) electrons. The van der Waals surface area contributed by atoms with Gasteiger partial charge in [-0.15, -0.1) is 0 Å². The molecule has 0 unspecified atom stereocenters. The number of rotatable bonds is 3. The van der Waals surface area contributed by atoms with Crippen molar-refractivity contribution in [3.8, 4) is 11.3 Å². The fourth-order valence-corrected chi connectivity index (χ4v) is 2.47. The first kappa shape index (κ1) is 15.0. The van der Waals surface area contributed by atoms with Crippen LogP contribution in [0.3, 0.4) is 0 Å². The van der Waals surface area contributed by atoms with E-state index in [9.17, 15) is 14.0 Å². The van der Waals surface area contributed by atoms with Gasteiger partial charge in [0, 0.05) is 23.6 Å². The lowest BCUT2D eigenvalue weighted by molar-refractivity contribution is 0.0963. The van der Waals surface area contributed by atoms with E-state index in [0.717, 1.165) is 0 Å². The molecular weight excluding hydrogens is 297 g/mol. The average Bonchev–Trinajstić information content (AvgIpc) is 2.93. The van der Waals surface area contributed by atoms with Crippen LogP contribution in [0.1, 0.15) is 27.6 Å². The Kier molecular flexibility index (Phi) is 3.70. The Morgan fingerprint density at radius 3 is 2.39 bits per heavy atom. The number of halogens is 1. The minimum atomic E-state index is -0.370. The number of hydrogen-bond donors (Lipinski definition) is 1. The Labute approximate surface area is 131 Å². The van der Waals surface area contributed by atoms with Crippen LogP contribution in [0.4, 0.5) is 4.39 Å². The average molecular weight is 311 g/mol. The van der Waals surface area contributed by atoms with Gasteiger partial charge in [0.05, 0.1) is 5.56 Å². The molecule has 0 aliphatic carbocycles. The van der Waals surface area contributed by atoms with Crippen molar-refractivity contribution in [3.05, 3.63) is 59.4 Å². The van der Waals surface area contributed by atoms with E-state index in [1.807, 2.05) is 0 Å². The van der Waals surface area contributed by atoms with Gasteiger partial charge in [0.2, 0.25) is 0 Å². The van der Waals surface area contributed by atoms with E-state index < -0.39 is 0 Å². The highest BCUT2D eigenvalue weighted by molar-refractivity contribution is 6.12. The van der Waals surface area contributed by atoms with Crippen LogP contribution in [-0.2, 0) is 0 Å². The third-order valence-electron chi connectivity index (χ3n) is 3.66. The Hall–Kier alpha value is -2.95. The van der Waals surface area contributed by atoms with Gasteiger partial charge in [0.15, 0.2) is 5.78 Å². The number of furan rings is 1. The van der Waals surface area contributed by atoms with E-state index in [-0.39, 0.29) is 17.5 Å². The summed E-state index contributed by atoms with van der Waals surface area (Å²) < 4.78 is 18.9. The highest BCUT2D eigenvalue weighted by Gasteiger charge is 2.21. The summed E-state index contributed by atoms with van der Waals surface area (Å²) in [5.74, 6) is -0.419. The molecule has 0 spiro atoms. The van der Waals surface area contributed by atoms with Crippen molar-refractivity contribution in [2.45, 2.75) is 6.92 Å². The fourth-order valence-electron chi connectivity index (χ4n) is 2.47. The minimum Gasteiger partial charge on any atom is -0.455 e. The van der Waals surface area contributed by atoms with Gasteiger partial charge < -0.3 is 9.73 Å². The highest BCUT2D eigenvalue weighted by atomic mass is 19.1. The summed E-state index contributed by atoms with van der Waals surface area (Å²) in [6.07, 6.45) is 0. The van der Waals surface area contributed by atoms with Crippen molar-refractivity contribution in [2.24, 2.45) is 0 Å². The first-order valence-corrected chi connectivity index (χ1v) is 7.06. The third-order valence-corrected chi connectivity index (χ3v) is 3.66. The summed E-state index contributed by atoms with van der Waals surface area (Å²) in [6, 6.07) is 10.6. The van der Waals surface area contributed by atoms with Crippen LogP contribution in [0.15, 0.2) is 46.9 Å². The lowest BCUT2D eigenvalue weighted by Gasteiger charge is -2.02. The highest BCUT2D eigenvalue weighted by Crippen LogP contribution is 2.34. The Balaban J connectivity index is 2.28. The molecule has 0 aliphatic heterocycles. The van der Waals surface area contributed by atoms with Crippen molar-refractivity contribution < 1.29 is 18.4 Å². The molecule has 0 aliphatic rings. The molecule has 2 aromatic carbocycles. The van der Waals surface area contributed by atoms with Crippen molar-refractivity contribution in [1.29, 1.82) is 0 Å². The SMILES string of the molecule is CNC(=O)c1c(-c2ccc(F)cc2)oc2cc(C(C)=O)ccc12. The van der Waals surface area contributed by atoms with Crippen molar-refractivity contribution in [1.82, 2.24) is 5.32 Å².